The number of hydrogen-bond donors (Lipinski definition) is 1. The highest BCUT2D eigenvalue weighted by Gasteiger charge is 2.20. The molecule has 2 aromatic rings. The van der Waals surface area contributed by atoms with Crippen molar-refractivity contribution in [1.82, 2.24) is 0 Å². The molecule has 0 saturated heterocycles. The summed E-state index contributed by atoms with van der Waals surface area (Å²) in [5.74, 6) is 1.42. The van der Waals surface area contributed by atoms with Gasteiger partial charge in [-0.15, -0.1) is 0 Å². The molecule has 7 heteroatoms. The number of para-hydroxylation sites is 1. The van der Waals surface area contributed by atoms with Crippen LogP contribution in [0.5, 0.6) is 23.0 Å². The van der Waals surface area contributed by atoms with Gasteiger partial charge in [0.25, 0.3) is 0 Å². The van der Waals surface area contributed by atoms with Crippen molar-refractivity contribution in [3.63, 3.8) is 0 Å². The molecule has 2 rings (SSSR count). The summed E-state index contributed by atoms with van der Waals surface area (Å²) in [5.41, 5.74) is 5.37. The van der Waals surface area contributed by atoms with Gasteiger partial charge in [0.05, 0.1) is 19.1 Å². The van der Waals surface area contributed by atoms with Crippen LogP contribution in [0.25, 0.3) is 0 Å². The number of ether oxygens (including phenoxy) is 3. The van der Waals surface area contributed by atoms with E-state index in [0.717, 1.165) is 0 Å². The molecule has 0 amide bonds. The number of methoxy groups -OCH3 is 2. The van der Waals surface area contributed by atoms with Gasteiger partial charge in [-0.2, -0.15) is 0 Å². The van der Waals surface area contributed by atoms with E-state index in [2.05, 4.69) is 0 Å². The van der Waals surface area contributed by atoms with Crippen molar-refractivity contribution in [3.05, 3.63) is 46.5 Å². The first-order valence-corrected chi connectivity index (χ1v) is 5.99. The summed E-state index contributed by atoms with van der Waals surface area (Å²) in [6.07, 6.45) is 0. The predicted molar refractivity (Wildman–Crippen MR) is 77.1 cm³/mol. The number of nitrogen functional groups attached to an aromatic ring is 1. The fourth-order valence-electron chi connectivity index (χ4n) is 1.78. The summed E-state index contributed by atoms with van der Waals surface area (Å²) in [5, 5.41) is 11.1. The average molecular weight is 290 g/mol. The molecule has 0 unspecified atom stereocenters. The van der Waals surface area contributed by atoms with E-state index in [0.29, 0.717) is 17.2 Å². The molecule has 7 nitrogen and oxygen atoms in total. The minimum atomic E-state index is -0.581. The molecule has 0 spiro atoms. The monoisotopic (exact) mass is 290 g/mol. The van der Waals surface area contributed by atoms with Crippen LogP contribution in [0, 0.1) is 10.1 Å². The standard InChI is InChI=1S/C14H14N2O5/c1-19-9-6-10(20-2)8-11(7-9)21-13-5-3-4-12(15)14(13)16(17)18/h3-8H,15H2,1-2H3. The third-order valence-electron chi connectivity index (χ3n) is 2.77. The predicted octanol–water partition coefficient (Wildman–Crippen LogP) is 2.99. The van der Waals surface area contributed by atoms with Gasteiger partial charge in [0.2, 0.25) is 5.75 Å². The molecular formula is C14H14N2O5. The Hall–Kier alpha value is -2.96. The molecule has 110 valence electrons. The van der Waals surface area contributed by atoms with E-state index in [-0.39, 0.29) is 17.1 Å². The zero-order valence-corrected chi connectivity index (χ0v) is 11.5. The minimum Gasteiger partial charge on any atom is -0.496 e. The van der Waals surface area contributed by atoms with Gasteiger partial charge in [-0.05, 0) is 12.1 Å². The molecule has 0 radical (unpaired) electrons. The molecular weight excluding hydrogens is 276 g/mol. The molecule has 0 aliphatic heterocycles. The Labute approximate surface area is 121 Å². The van der Waals surface area contributed by atoms with Crippen molar-refractivity contribution in [2.45, 2.75) is 0 Å². The van der Waals surface area contributed by atoms with E-state index in [9.17, 15) is 10.1 Å². The normalized spacial score (nSPS) is 10.0. The number of rotatable bonds is 5. The highest BCUT2D eigenvalue weighted by Crippen LogP contribution is 2.37. The van der Waals surface area contributed by atoms with Gasteiger partial charge in [-0.25, -0.2) is 0 Å². The van der Waals surface area contributed by atoms with Gasteiger partial charge >= 0.3 is 5.69 Å². The summed E-state index contributed by atoms with van der Waals surface area (Å²) < 4.78 is 15.8. The average Bonchev–Trinajstić information content (AvgIpc) is 2.46. The van der Waals surface area contributed by atoms with Crippen LogP contribution >= 0.6 is 0 Å². The molecule has 0 aliphatic rings. The largest absolute Gasteiger partial charge is 0.496 e. The van der Waals surface area contributed by atoms with E-state index in [1.165, 1.54) is 26.4 Å². The maximum atomic E-state index is 11.1. The molecule has 0 saturated carbocycles. The SMILES string of the molecule is COc1cc(OC)cc(Oc2cccc(N)c2[N+](=O)[O-])c1. The van der Waals surface area contributed by atoms with E-state index < -0.39 is 4.92 Å². The fourth-order valence-corrected chi connectivity index (χ4v) is 1.78. The first-order valence-electron chi connectivity index (χ1n) is 5.99. The van der Waals surface area contributed by atoms with Crippen LogP contribution < -0.4 is 19.9 Å². The van der Waals surface area contributed by atoms with Crippen molar-refractivity contribution < 1.29 is 19.1 Å². The number of nitro benzene ring substituents is 1. The lowest BCUT2D eigenvalue weighted by molar-refractivity contribution is -0.384. The molecule has 21 heavy (non-hydrogen) atoms. The summed E-state index contributed by atoms with van der Waals surface area (Å²) in [6, 6.07) is 9.35. The van der Waals surface area contributed by atoms with E-state index in [4.69, 9.17) is 19.9 Å². The van der Waals surface area contributed by atoms with Gasteiger partial charge in [0, 0.05) is 18.2 Å². The highest BCUT2D eigenvalue weighted by molar-refractivity contribution is 5.66. The molecule has 0 bridgehead atoms. The third kappa shape index (κ3) is 3.14. The van der Waals surface area contributed by atoms with Crippen LogP contribution in [0.4, 0.5) is 11.4 Å². The van der Waals surface area contributed by atoms with Crippen molar-refractivity contribution in [1.29, 1.82) is 0 Å². The van der Waals surface area contributed by atoms with Crippen LogP contribution in [0.3, 0.4) is 0 Å². The van der Waals surface area contributed by atoms with Crippen molar-refractivity contribution in [3.8, 4) is 23.0 Å². The third-order valence-corrected chi connectivity index (χ3v) is 2.77. The lowest BCUT2D eigenvalue weighted by Gasteiger charge is -2.10. The highest BCUT2D eigenvalue weighted by atomic mass is 16.6. The van der Waals surface area contributed by atoms with Crippen LogP contribution in [0.2, 0.25) is 0 Å². The second kappa shape index (κ2) is 6.00. The van der Waals surface area contributed by atoms with Gasteiger partial charge in [-0.1, -0.05) is 6.07 Å². The lowest BCUT2D eigenvalue weighted by Crippen LogP contribution is -1.98. The summed E-state index contributed by atoms with van der Waals surface area (Å²) in [7, 11) is 3.00. The molecule has 0 atom stereocenters. The zero-order valence-electron chi connectivity index (χ0n) is 11.5. The van der Waals surface area contributed by atoms with Crippen LogP contribution in [-0.2, 0) is 0 Å². The smallest absolute Gasteiger partial charge is 0.334 e. The maximum Gasteiger partial charge on any atom is 0.334 e. The summed E-state index contributed by atoms with van der Waals surface area (Å²) >= 11 is 0. The number of nitrogens with two attached hydrogens (primary N) is 1. The van der Waals surface area contributed by atoms with E-state index in [1.807, 2.05) is 0 Å². The number of benzene rings is 2. The van der Waals surface area contributed by atoms with Gasteiger partial charge < -0.3 is 19.9 Å². The molecule has 0 fully saturated rings. The van der Waals surface area contributed by atoms with E-state index in [1.54, 1.807) is 24.3 Å². The number of anilines is 1. The van der Waals surface area contributed by atoms with Crippen LogP contribution in [0.15, 0.2) is 36.4 Å². The molecule has 0 heterocycles. The summed E-state index contributed by atoms with van der Waals surface area (Å²) in [6.45, 7) is 0. The fraction of sp³-hybridized carbons (Fsp3) is 0.143. The second-order valence-corrected chi connectivity index (χ2v) is 4.10. The molecule has 2 N–H and O–H groups in total. The number of nitrogens with zero attached hydrogens (tertiary/aromatic N) is 1. The Morgan fingerprint density at radius 3 is 2.14 bits per heavy atom. The zero-order chi connectivity index (χ0) is 15.4. The molecule has 0 aliphatic carbocycles. The Kier molecular flexibility index (Phi) is 4.13. The Balaban J connectivity index is 2.43. The number of hydrogen-bond acceptors (Lipinski definition) is 6. The topological polar surface area (TPSA) is 96.8 Å². The first kappa shape index (κ1) is 14.4. The molecule has 2 aromatic carbocycles. The first-order chi connectivity index (χ1) is 10.0. The van der Waals surface area contributed by atoms with Crippen molar-refractivity contribution in [2.24, 2.45) is 0 Å². The van der Waals surface area contributed by atoms with Crippen LogP contribution in [-0.4, -0.2) is 19.1 Å². The second-order valence-electron chi connectivity index (χ2n) is 4.10. The Bertz CT molecular complexity index is 650. The van der Waals surface area contributed by atoms with Crippen LogP contribution in [0.1, 0.15) is 0 Å². The Morgan fingerprint density at radius 1 is 1.05 bits per heavy atom. The number of nitro groups is 1. The molecule has 0 aromatic heterocycles. The quantitative estimate of drug-likeness (QED) is 0.516. The Morgan fingerprint density at radius 2 is 1.62 bits per heavy atom. The van der Waals surface area contributed by atoms with Gasteiger partial charge in [0.1, 0.15) is 22.9 Å². The lowest BCUT2D eigenvalue weighted by atomic mass is 10.2. The minimum absolute atomic E-state index is 0.0346. The summed E-state index contributed by atoms with van der Waals surface area (Å²) in [4.78, 5) is 10.5. The van der Waals surface area contributed by atoms with Gasteiger partial charge in [-0.3, -0.25) is 10.1 Å². The maximum absolute atomic E-state index is 11.1. The van der Waals surface area contributed by atoms with E-state index >= 15 is 0 Å². The van der Waals surface area contributed by atoms with Gasteiger partial charge in [0.15, 0.2) is 0 Å². The van der Waals surface area contributed by atoms with Crippen molar-refractivity contribution in [2.75, 3.05) is 20.0 Å². The van der Waals surface area contributed by atoms with Crippen molar-refractivity contribution >= 4 is 11.4 Å².